The van der Waals surface area contributed by atoms with E-state index in [4.69, 9.17) is 5.26 Å². The Balaban J connectivity index is 2.01. The first-order valence-electron chi connectivity index (χ1n) is 6.31. The molecular weight excluding hydrogens is 236 g/mol. The Bertz CT molecular complexity index is 613. The molecule has 1 N–H and O–H groups in total. The summed E-state index contributed by atoms with van der Waals surface area (Å²) in [4.78, 5) is 6.58. The molecule has 0 bridgehead atoms. The molecule has 0 spiro atoms. The zero-order chi connectivity index (χ0) is 13.1. The Labute approximate surface area is 112 Å². The van der Waals surface area contributed by atoms with Gasteiger partial charge in [-0.3, -0.25) is 0 Å². The van der Waals surface area contributed by atoms with Crippen LogP contribution in [0.2, 0.25) is 0 Å². The van der Waals surface area contributed by atoms with Crippen molar-refractivity contribution < 1.29 is 0 Å². The van der Waals surface area contributed by atoms with Crippen LogP contribution in [0.1, 0.15) is 11.1 Å². The second-order valence-electron chi connectivity index (χ2n) is 4.47. The summed E-state index contributed by atoms with van der Waals surface area (Å²) < 4.78 is 0. The van der Waals surface area contributed by atoms with Crippen molar-refractivity contribution in [3.8, 4) is 6.07 Å². The summed E-state index contributed by atoms with van der Waals surface area (Å²) in [7, 11) is 0. The fraction of sp³-hybridized carbons (Fsp3) is 0.200. The van der Waals surface area contributed by atoms with Gasteiger partial charge in [0.1, 0.15) is 11.9 Å². The van der Waals surface area contributed by atoms with Gasteiger partial charge in [0.15, 0.2) is 0 Å². The molecule has 1 aliphatic rings. The smallest absolute Gasteiger partial charge is 0.133 e. The summed E-state index contributed by atoms with van der Waals surface area (Å²) >= 11 is 0. The second kappa shape index (κ2) is 5.09. The molecule has 0 saturated heterocycles. The quantitative estimate of drug-likeness (QED) is 0.843. The lowest BCUT2D eigenvalue weighted by Gasteiger charge is -2.23. The number of benzene rings is 1. The van der Waals surface area contributed by atoms with Crippen LogP contribution < -0.4 is 10.2 Å². The molecule has 0 unspecified atom stereocenters. The average molecular weight is 250 g/mol. The van der Waals surface area contributed by atoms with Gasteiger partial charge < -0.3 is 10.2 Å². The van der Waals surface area contributed by atoms with E-state index in [1.165, 1.54) is 11.3 Å². The molecule has 0 aliphatic carbocycles. The first-order valence-corrected chi connectivity index (χ1v) is 6.31. The van der Waals surface area contributed by atoms with Crippen LogP contribution in [0.4, 0.5) is 11.5 Å². The van der Waals surface area contributed by atoms with E-state index in [0.29, 0.717) is 5.56 Å². The lowest BCUT2D eigenvalue weighted by molar-refractivity contribution is 0.711. The molecule has 1 aromatic carbocycles. The van der Waals surface area contributed by atoms with Gasteiger partial charge in [-0.25, -0.2) is 4.98 Å². The SMILES string of the molecule is N#Cc1ccc(N2CCNCc3ccccc32)nc1. The number of nitriles is 1. The molecule has 0 amide bonds. The molecule has 1 aliphatic heterocycles. The van der Waals surface area contributed by atoms with E-state index < -0.39 is 0 Å². The predicted molar refractivity (Wildman–Crippen MR) is 74.1 cm³/mol. The molecule has 0 radical (unpaired) electrons. The normalized spacial score (nSPS) is 14.4. The number of rotatable bonds is 1. The fourth-order valence-corrected chi connectivity index (χ4v) is 2.31. The number of hydrogen-bond donors (Lipinski definition) is 1. The zero-order valence-electron chi connectivity index (χ0n) is 10.5. The van der Waals surface area contributed by atoms with Crippen molar-refractivity contribution in [3.63, 3.8) is 0 Å². The van der Waals surface area contributed by atoms with Crippen LogP contribution in [0.3, 0.4) is 0 Å². The first kappa shape index (κ1) is 11.7. The Kier molecular flexibility index (Phi) is 3.13. The Morgan fingerprint density at radius 1 is 1.21 bits per heavy atom. The number of nitrogens with one attached hydrogen (secondary N) is 1. The van der Waals surface area contributed by atoms with E-state index in [2.05, 4.69) is 39.5 Å². The lowest BCUT2D eigenvalue weighted by Crippen LogP contribution is -2.25. The van der Waals surface area contributed by atoms with Crippen LogP contribution in [-0.2, 0) is 6.54 Å². The van der Waals surface area contributed by atoms with E-state index in [1.54, 1.807) is 6.20 Å². The van der Waals surface area contributed by atoms with Crippen molar-refractivity contribution in [2.24, 2.45) is 0 Å². The van der Waals surface area contributed by atoms with Gasteiger partial charge in [0, 0.05) is 31.5 Å². The summed E-state index contributed by atoms with van der Waals surface area (Å²) in [5.41, 5.74) is 3.04. The number of hydrogen-bond acceptors (Lipinski definition) is 4. The molecule has 0 atom stereocenters. The van der Waals surface area contributed by atoms with E-state index >= 15 is 0 Å². The number of aromatic nitrogens is 1. The minimum atomic E-state index is 0.588. The van der Waals surface area contributed by atoms with Gasteiger partial charge in [0.05, 0.1) is 5.56 Å². The minimum absolute atomic E-state index is 0.588. The van der Waals surface area contributed by atoms with Crippen molar-refractivity contribution >= 4 is 11.5 Å². The molecule has 4 nitrogen and oxygen atoms in total. The monoisotopic (exact) mass is 250 g/mol. The maximum atomic E-state index is 8.83. The second-order valence-corrected chi connectivity index (χ2v) is 4.47. The number of nitrogens with zero attached hydrogens (tertiary/aromatic N) is 3. The highest BCUT2D eigenvalue weighted by Gasteiger charge is 2.16. The topological polar surface area (TPSA) is 52.0 Å². The van der Waals surface area contributed by atoms with E-state index in [1.807, 2.05) is 18.2 Å². The van der Waals surface area contributed by atoms with Gasteiger partial charge in [0.25, 0.3) is 0 Å². The molecule has 0 fully saturated rings. The van der Waals surface area contributed by atoms with Crippen LogP contribution in [0.15, 0.2) is 42.6 Å². The van der Waals surface area contributed by atoms with Crippen molar-refractivity contribution in [1.29, 1.82) is 5.26 Å². The van der Waals surface area contributed by atoms with Gasteiger partial charge in [-0.1, -0.05) is 18.2 Å². The fourth-order valence-electron chi connectivity index (χ4n) is 2.31. The highest BCUT2D eigenvalue weighted by Crippen LogP contribution is 2.28. The molecule has 94 valence electrons. The molecule has 4 heteroatoms. The largest absolute Gasteiger partial charge is 0.325 e. The standard InChI is InChI=1S/C15H14N4/c16-9-12-5-6-15(18-10-12)19-8-7-17-11-13-3-1-2-4-14(13)19/h1-6,10,17H,7-8,11H2. The van der Waals surface area contributed by atoms with E-state index in [-0.39, 0.29) is 0 Å². The van der Waals surface area contributed by atoms with Gasteiger partial charge in [-0.15, -0.1) is 0 Å². The number of para-hydroxylation sites is 1. The third-order valence-corrected chi connectivity index (χ3v) is 3.26. The third kappa shape index (κ3) is 2.28. The van der Waals surface area contributed by atoms with Crippen LogP contribution >= 0.6 is 0 Å². The third-order valence-electron chi connectivity index (χ3n) is 3.26. The average Bonchev–Trinajstić information content (AvgIpc) is 2.70. The molecule has 1 aromatic heterocycles. The summed E-state index contributed by atoms with van der Waals surface area (Å²) in [5.74, 6) is 0.884. The molecular formula is C15H14N4. The van der Waals surface area contributed by atoms with Gasteiger partial charge in [0.2, 0.25) is 0 Å². The van der Waals surface area contributed by atoms with Crippen LogP contribution in [0, 0.1) is 11.3 Å². The summed E-state index contributed by atoms with van der Waals surface area (Å²) in [6.07, 6.45) is 1.62. The first-order chi connectivity index (χ1) is 9.38. The van der Waals surface area contributed by atoms with Gasteiger partial charge in [-0.2, -0.15) is 5.26 Å². The highest BCUT2D eigenvalue weighted by molar-refractivity contribution is 5.64. The van der Waals surface area contributed by atoms with Crippen molar-refractivity contribution in [2.45, 2.75) is 6.54 Å². The molecule has 19 heavy (non-hydrogen) atoms. The van der Waals surface area contributed by atoms with E-state index in [0.717, 1.165) is 25.5 Å². The Morgan fingerprint density at radius 3 is 2.89 bits per heavy atom. The Morgan fingerprint density at radius 2 is 2.11 bits per heavy atom. The summed E-state index contributed by atoms with van der Waals surface area (Å²) in [6.45, 7) is 2.66. The molecule has 0 saturated carbocycles. The Hall–Kier alpha value is -2.38. The van der Waals surface area contributed by atoms with Gasteiger partial charge in [-0.05, 0) is 23.8 Å². The number of fused-ring (bicyclic) bond motifs is 1. The minimum Gasteiger partial charge on any atom is -0.325 e. The maximum absolute atomic E-state index is 8.83. The summed E-state index contributed by atoms with van der Waals surface area (Å²) in [6, 6.07) is 14.1. The van der Waals surface area contributed by atoms with Crippen molar-refractivity contribution in [2.75, 3.05) is 18.0 Å². The maximum Gasteiger partial charge on any atom is 0.133 e. The predicted octanol–water partition coefficient (Wildman–Crippen LogP) is 2.19. The van der Waals surface area contributed by atoms with Gasteiger partial charge >= 0.3 is 0 Å². The van der Waals surface area contributed by atoms with Crippen LogP contribution in [0.5, 0.6) is 0 Å². The number of anilines is 2. The zero-order valence-corrected chi connectivity index (χ0v) is 10.5. The van der Waals surface area contributed by atoms with Crippen LogP contribution in [0.25, 0.3) is 0 Å². The van der Waals surface area contributed by atoms with E-state index in [9.17, 15) is 0 Å². The molecule has 2 aromatic rings. The number of pyridine rings is 1. The summed E-state index contributed by atoms with van der Waals surface area (Å²) in [5, 5.41) is 12.2. The van der Waals surface area contributed by atoms with Crippen molar-refractivity contribution in [1.82, 2.24) is 10.3 Å². The molecule has 3 rings (SSSR count). The highest BCUT2D eigenvalue weighted by atomic mass is 15.2. The van der Waals surface area contributed by atoms with Crippen molar-refractivity contribution in [3.05, 3.63) is 53.7 Å². The molecule has 2 heterocycles. The van der Waals surface area contributed by atoms with Crippen LogP contribution in [-0.4, -0.2) is 18.1 Å². The lowest BCUT2D eigenvalue weighted by atomic mass is 10.1.